The smallest absolute Gasteiger partial charge is 0.0844 e. The van der Waals surface area contributed by atoms with Gasteiger partial charge in [-0.2, -0.15) is 0 Å². The Hall–Kier alpha value is -2.45. The van der Waals surface area contributed by atoms with Crippen LogP contribution >= 0.6 is 0 Å². The molecule has 0 saturated carbocycles. The van der Waals surface area contributed by atoms with Crippen molar-refractivity contribution in [2.24, 2.45) is 5.41 Å². The number of hydrogen-bond donors (Lipinski definition) is 1. The molecule has 128 valence electrons. The molecule has 1 aromatic heterocycles. The van der Waals surface area contributed by atoms with Crippen molar-refractivity contribution in [3.8, 4) is 0 Å². The quantitative estimate of drug-likeness (QED) is 0.688. The molecule has 1 heterocycles. The average molecular weight is 331 g/mol. The van der Waals surface area contributed by atoms with Crippen LogP contribution in [0.5, 0.6) is 0 Å². The minimum atomic E-state index is -0.586. The van der Waals surface area contributed by atoms with Crippen molar-refractivity contribution < 1.29 is 5.11 Å². The van der Waals surface area contributed by atoms with Crippen molar-refractivity contribution in [1.29, 1.82) is 0 Å². The summed E-state index contributed by atoms with van der Waals surface area (Å²) in [5, 5.41) is 13.5. The van der Waals surface area contributed by atoms with Gasteiger partial charge in [-0.25, -0.2) is 0 Å². The summed E-state index contributed by atoms with van der Waals surface area (Å²) in [6.45, 7) is 8.30. The predicted octanol–water partition coefficient (Wildman–Crippen LogP) is 5.49. The third-order valence-electron chi connectivity index (χ3n) is 4.55. The number of aliphatic hydroxyl groups excluding tert-OH is 1. The van der Waals surface area contributed by atoms with Gasteiger partial charge < -0.3 is 5.11 Å². The van der Waals surface area contributed by atoms with Crippen LogP contribution in [0.2, 0.25) is 0 Å². The summed E-state index contributed by atoms with van der Waals surface area (Å²) >= 11 is 0. The monoisotopic (exact) mass is 331 g/mol. The van der Waals surface area contributed by atoms with Gasteiger partial charge in [0.15, 0.2) is 0 Å². The molecule has 1 N–H and O–H groups in total. The van der Waals surface area contributed by atoms with Crippen molar-refractivity contribution in [3.63, 3.8) is 0 Å². The third-order valence-corrected chi connectivity index (χ3v) is 4.55. The summed E-state index contributed by atoms with van der Waals surface area (Å²) < 4.78 is 0. The molecule has 0 amide bonds. The molecule has 1 atom stereocenters. The highest BCUT2D eigenvalue weighted by atomic mass is 16.3. The van der Waals surface area contributed by atoms with Gasteiger partial charge in [0.25, 0.3) is 0 Å². The minimum Gasteiger partial charge on any atom is -0.388 e. The summed E-state index contributed by atoms with van der Waals surface area (Å²) in [5.41, 5.74) is 3.95. The molecule has 0 aliphatic carbocycles. The van der Waals surface area contributed by atoms with Crippen molar-refractivity contribution in [3.05, 3.63) is 77.6 Å². The molecule has 0 spiro atoms. The van der Waals surface area contributed by atoms with Gasteiger partial charge in [-0.1, -0.05) is 63.2 Å². The summed E-state index contributed by atoms with van der Waals surface area (Å²) in [7, 11) is 0. The molecule has 2 heteroatoms. The molecular weight excluding hydrogens is 306 g/mol. The number of fused-ring (bicyclic) bond motifs is 1. The van der Waals surface area contributed by atoms with E-state index in [2.05, 4.69) is 69.1 Å². The van der Waals surface area contributed by atoms with E-state index in [1.807, 2.05) is 24.4 Å². The molecule has 2 aromatic carbocycles. The van der Waals surface area contributed by atoms with Gasteiger partial charge in [-0.05, 0) is 57.5 Å². The topological polar surface area (TPSA) is 33.1 Å². The Morgan fingerprint density at radius 3 is 2.48 bits per heavy atom. The SMILES string of the molecule is Cc1ccc2ccccc2c1C(=Cc1cccnc1)C(O)C(C)(C)C. The Bertz CT molecular complexity index is 904. The first-order chi connectivity index (χ1) is 11.9. The second kappa shape index (κ2) is 6.81. The molecule has 0 saturated heterocycles. The van der Waals surface area contributed by atoms with Crippen molar-refractivity contribution in [1.82, 2.24) is 4.98 Å². The molecule has 0 aliphatic heterocycles. The number of benzene rings is 2. The Kier molecular flexibility index (Phi) is 4.73. The molecular formula is C23H25NO. The molecule has 3 aromatic rings. The summed E-state index contributed by atoms with van der Waals surface area (Å²) in [5.74, 6) is 0. The highest BCUT2D eigenvalue weighted by molar-refractivity contribution is 6.00. The Morgan fingerprint density at radius 1 is 1.04 bits per heavy atom. The zero-order valence-corrected chi connectivity index (χ0v) is 15.3. The van der Waals surface area contributed by atoms with E-state index in [1.54, 1.807) is 6.20 Å². The normalized spacial score (nSPS) is 13.9. The Morgan fingerprint density at radius 2 is 1.80 bits per heavy atom. The largest absolute Gasteiger partial charge is 0.388 e. The lowest BCUT2D eigenvalue weighted by Crippen LogP contribution is -2.27. The van der Waals surface area contributed by atoms with Crippen LogP contribution in [0.4, 0.5) is 0 Å². The molecule has 0 bridgehead atoms. The zero-order valence-electron chi connectivity index (χ0n) is 15.3. The van der Waals surface area contributed by atoms with Crippen LogP contribution in [0.1, 0.15) is 37.5 Å². The van der Waals surface area contributed by atoms with Crippen molar-refractivity contribution in [2.45, 2.75) is 33.8 Å². The van der Waals surface area contributed by atoms with Gasteiger partial charge in [-0.3, -0.25) is 4.98 Å². The van der Waals surface area contributed by atoms with Gasteiger partial charge in [-0.15, -0.1) is 0 Å². The highest BCUT2D eigenvalue weighted by Gasteiger charge is 2.28. The number of rotatable bonds is 3. The summed E-state index contributed by atoms with van der Waals surface area (Å²) in [6, 6.07) is 16.5. The first kappa shape index (κ1) is 17.4. The Balaban J connectivity index is 2.30. The maximum atomic E-state index is 11.2. The Labute approximate surface area is 149 Å². The molecule has 0 radical (unpaired) electrons. The second-order valence-electron chi connectivity index (χ2n) is 7.63. The van der Waals surface area contributed by atoms with E-state index in [1.165, 1.54) is 10.8 Å². The number of aliphatic hydroxyl groups is 1. The van der Waals surface area contributed by atoms with E-state index in [0.717, 1.165) is 22.3 Å². The average Bonchev–Trinajstić information content (AvgIpc) is 2.60. The van der Waals surface area contributed by atoms with Crippen molar-refractivity contribution >= 4 is 22.4 Å². The fourth-order valence-electron chi connectivity index (χ4n) is 3.16. The van der Waals surface area contributed by atoms with Gasteiger partial charge in [0, 0.05) is 12.4 Å². The second-order valence-corrected chi connectivity index (χ2v) is 7.63. The molecule has 1 unspecified atom stereocenters. The third kappa shape index (κ3) is 3.64. The van der Waals surface area contributed by atoms with Gasteiger partial charge in [0.1, 0.15) is 0 Å². The van der Waals surface area contributed by atoms with Crippen LogP contribution in [0.15, 0.2) is 60.9 Å². The zero-order chi connectivity index (χ0) is 18.0. The number of aryl methyl sites for hydroxylation is 1. The van der Waals surface area contributed by atoms with E-state index in [-0.39, 0.29) is 5.41 Å². The predicted molar refractivity (Wildman–Crippen MR) is 106 cm³/mol. The van der Waals surface area contributed by atoms with Crippen molar-refractivity contribution in [2.75, 3.05) is 0 Å². The lowest BCUT2D eigenvalue weighted by molar-refractivity contribution is 0.115. The van der Waals surface area contributed by atoms with Gasteiger partial charge in [0.05, 0.1) is 6.10 Å². The maximum absolute atomic E-state index is 11.2. The first-order valence-electron chi connectivity index (χ1n) is 8.66. The van der Waals surface area contributed by atoms with E-state index in [9.17, 15) is 5.11 Å². The van der Waals surface area contributed by atoms with Crippen LogP contribution in [0.3, 0.4) is 0 Å². The van der Waals surface area contributed by atoms with Crippen LogP contribution in [0, 0.1) is 12.3 Å². The fraction of sp³-hybridized carbons (Fsp3) is 0.261. The van der Waals surface area contributed by atoms with Crippen LogP contribution in [-0.2, 0) is 0 Å². The molecule has 2 nitrogen and oxygen atoms in total. The molecule has 3 rings (SSSR count). The van der Waals surface area contributed by atoms with Gasteiger partial charge in [0.2, 0.25) is 0 Å². The fourth-order valence-corrected chi connectivity index (χ4v) is 3.16. The van der Waals surface area contributed by atoms with E-state index in [0.29, 0.717) is 0 Å². The van der Waals surface area contributed by atoms with Crippen LogP contribution in [0.25, 0.3) is 22.4 Å². The molecule has 25 heavy (non-hydrogen) atoms. The lowest BCUT2D eigenvalue weighted by Gasteiger charge is -2.30. The standard InChI is InChI=1S/C23H25NO/c1-16-11-12-18-9-5-6-10-19(18)21(16)20(22(25)23(2,3)4)14-17-8-7-13-24-15-17/h5-15,22,25H,1-4H3. The number of hydrogen-bond acceptors (Lipinski definition) is 2. The minimum absolute atomic E-state index is 0.266. The highest BCUT2D eigenvalue weighted by Crippen LogP contribution is 2.37. The van der Waals surface area contributed by atoms with Crippen LogP contribution in [-0.4, -0.2) is 16.2 Å². The lowest BCUT2D eigenvalue weighted by atomic mass is 9.79. The number of pyridine rings is 1. The van der Waals surface area contributed by atoms with Gasteiger partial charge >= 0.3 is 0 Å². The molecule has 0 fully saturated rings. The van der Waals surface area contributed by atoms with Crippen LogP contribution < -0.4 is 0 Å². The summed E-state index contributed by atoms with van der Waals surface area (Å²) in [4.78, 5) is 4.21. The summed E-state index contributed by atoms with van der Waals surface area (Å²) in [6.07, 6.45) is 5.07. The molecule has 0 aliphatic rings. The van der Waals surface area contributed by atoms with E-state index < -0.39 is 6.10 Å². The van der Waals surface area contributed by atoms with E-state index >= 15 is 0 Å². The maximum Gasteiger partial charge on any atom is 0.0844 e. The first-order valence-corrected chi connectivity index (χ1v) is 8.66. The number of nitrogens with zero attached hydrogens (tertiary/aromatic N) is 1. The number of aromatic nitrogens is 1. The van der Waals surface area contributed by atoms with E-state index in [4.69, 9.17) is 0 Å².